The Labute approximate surface area is 129 Å². The van der Waals surface area contributed by atoms with Crippen molar-refractivity contribution >= 4 is 22.3 Å². The monoisotopic (exact) mass is 300 g/mol. The number of rotatable bonds is 6. The maximum atomic E-state index is 6.05. The molecule has 110 valence electrons. The first-order valence-corrected chi connectivity index (χ1v) is 8.25. The summed E-state index contributed by atoms with van der Waals surface area (Å²) in [4.78, 5) is 5.44. The van der Waals surface area contributed by atoms with E-state index >= 15 is 0 Å². The van der Waals surface area contributed by atoms with Gasteiger partial charge in [-0.1, -0.05) is 18.6 Å². The number of nitrogens with one attached hydrogen (secondary N) is 1. The minimum Gasteiger partial charge on any atom is -0.459 e. The van der Waals surface area contributed by atoms with E-state index in [1.165, 1.54) is 15.8 Å². The van der Waals surface area contributed by atoms with Crippen LogP contribution in [0, 0.1) is 6.92 Å². The van der Waals surface area contributed by atoms with Crippen molar-refractivity contribution in [3.05, 3.63) is 52.2 Å². The molecule has 21 heavy (non-hydrogen) atoms. The lowest BCUT2D eigenvalue weighted by Crippen LogP contribution is -2.23. The molecule has 1 atom stereocenters. The van der Waals surface area contributed by atoms with E-state index in [0.717, 1.165) is 30.7 Å². The summed E-state index contributed by atoms with van der Waals surface area (Å²) in [6.07, 6.45) is 3.97. The molecule has 3 rings (SSSR count). The van der Waals surface area contributed by atoms with Crippen molar-refractivity contribution in [3.63, 3.8) is 0 Å². The summed E-state index contributed by atoms with van der Waals surface area (Å²) in [7, 11) is 0. The zero-order valence-corrected chi connectivity index (χ0v) is 13.2. The molecule has 0 aliphatic carbocycles. The molecule has 1 aromatic carbocycles. The lowest BCUT2D eigenvalue weighted by atomic mass is 10.1. The van der Waals surface area contributed by atoms with Gasteiger partial charge in [-0.15, -0.1) is 11.3 Å². The number of furan rings is 1. The topological polar surface area (TPSA) is 38.1 Å². The maximum Gasteiger partial charge on any atom is 0.134 e. The van der Waals surface area contributed by atoms with Crippen molar-refractivity contribution in [2.75, 3.05) is 6.54 Å². The smallest absolute Gasteiger partial charge is 0.134 e. The molecule has 1 unspecified atom stereocenters. The molecule has 3 nitrogen and oxygen atoms in total. The number of nitrogens with zero attached hydrogens (tertiary/aromatic N) is 1. The van der Waals surface area contributed by atoms with Crippen molar-refractivity contribution in [2.24, 2.45) is 0 Å². The largest absolute Gasteiger partial charge is 0.459 e. The molecule has 0 aliphatic rings. The van der Waals surface area contributed by atoms with Crippen LogP contribution in [0.25, 0.3) is 11.0 Å². The first-order chi connectivity index (χ1) is 10.3. The first kappa shape index (κ1) is 14.3. The number of hydrogen-bond donors (Lipinski definition) is 1. The zero-order valence-electron chi connectivity index (χ0n) is 12.4. The molecule has 1 N–H and O–H groups in total. The predicted octanol–water partition coefficient (Wildman–Crippen LogP) is 4.48. The van der Waals surface area contributed by atoms with Crippen molar-refractivity contribution in [1.29, 1.82) is 0 Å². The first-order valence-electron chi connectivity index (χ1n) is 7.37. The van der Waals surface area contributed by atoms with Crippen LogP contribution in [0.2, 0.25) is 0 Å². The van der Waals surface area contributed by atoms with E-state index < -0.39 is 0 Å². The van der Waals surface area contributed by atoms with Gasteiger partial charge in [0.25, 0.3) is 0 Å². The highest BCUT2D eigenvalue weighted by Gasteiger charge is 2.17. The molecule has 0 aliphatic heterocycles. The molecular weight excluding hydrogens is 280 g/mol. The second-order valence-electron chi connectivity index (χ2n) is 5.37. The Balaban J connectivity index is 1.89. The van der Waals surface area contributed by atoms with Gasteiger partial charge in [-0.05, 0) is 38.1 Å². The van der Waals surface area contributed by atoms with E-state index in [4.69, 9.17) is 4.42 Å². The van der Waals surface area contributed by atoms with Crippen LogP contribution in [0.1, 0.15) is 35.6 Å². The number of aromatic nitrogens is 1. The molecule has 3 aromatic rings. The third-order valence-electron chi connectivity index (χ3n) is 3.56. The SMILES string of the molecule is CCCNC(Cc1cncs1)c1cc2cc(C)ccc2o1. The Bertz CT molecular complexity index is 703. The average Bonchev–Trinajstić information content (AvgIpc) is 3.11. The Morgan fingerprint density at radius 3 is 3.00 bits per heavy atom. The number of benzene rings is 1. The maximum absolute atomic E-state index is 6.05. The third-order valence-corrected chi connectivity index (χ3v) is 4.37. The van der Waals surface area contributed by atoms with Crippen molar-refractivity contribution in [3.8, 4) is 0 Å². The summed E-state index contributed by atoms with van der Waals surface area (Å²) in [5.74, 6) is 1.01. The van der Waals surface area contributed by atoms with Crippen LogP contribution in [0.4, 0.5) is 0 Å². The van der Waals surface area contributed by atoms with Gasteiger partial charge in [0.15, 0.2) is 0 Å². The Kier molecular flexibility index (Phi) is 4.36. The molecule has 0 amide bonds. The van der Waals surface area contributed by atoms with Gasteiger partial charge < -0.3 is 9.73 Å². The molecule has 0 saturated heterocycles. The van der Waals surface area contributed by atoms with Gasteiger partial charge in [-0.25, -0.2) is 0 Å². The lowest BCUT2D eigenvalue weighted by molar-refractivity contribution is 0.429. The highest BCUT2D eigenvalue weighted by molar-refractivity contribution is 7.09. The second-order valence-corrected chi connectivity index (χ2v) is 6.34. The van der Waals surface area contributed by atoms with E-state index in [2.05, 4.69) is 48.4 Å². The molecule has 0 spiro atoms. The van der Waals surface area contributed by atoms with Crippen LogP contribution in [0.5, 0.6) is 0 Å². The Hall–Kier alpha value is -1.65. The molecule has 0 fully saturated rings. The van der Waals surface area contributed by atoms with Crippen LogP contribution >= 0.6 is 11.3 Å². The molecule has 0 bridgehead atoms. The fraction of sp³-hybridized carbons (Fsp3) is 0.353. The minimum absolute atomic E-state index is 0.207. The van der Waals surface area contributed by atoms with Gasteiger partial charge in [0.1, 0.15) is 11.3 Å². The summed E-state index contributed by atoms with van der Waals surface area (Å²) < 4.78 is 6.05. The highest BCUT2D eigenvalue weighted by atomic mass is 32.1. The molecule has 2 heterocycles. The fourth-order valence-corrected chi connectivity index (χ4v) is 3.13. The molecule has 2 aromatic heterocycles. The van der Waals surface area contributed by atoms with Crippen LogP contribution in [0.15, 0.2) is 40.4 Å². The van der Waals surface area contributed by atoms with Crippen LogP contribution in [-0.4, -0.2) is 11.5 Å². The molecular formula is C17H20N2OS. The highest BCUT2D eigenvalue weighted by Crippen LogP contribution is 2.27. The summed E-state index contributed by atoms with van der Waals surface area (Å²) in [5.41, 5.74) is 4.10. The zero-order chi connectivity index (χ0) is 14.7. The van der Waals surface area contributed by atoms with Crippen molar-refractivity contribution in [1.82, 2.24) is 10.3 Å². The van der Waals surface area contributed by atoms with Crippen molar-refractivity contribution < 1.29 is 4.42 Å². The summed E-state index contributed by atoms with van der Waals surface area (Å²) in [5, 5.41) is 4.76. The number of thiazole rings is 1. The number of aryl methyl sites for hydroxylation is 1. The van der Waals surface area contributed by atoms with E-state index in [1.807, 2.05) is 11.7 Å². The quantitative estimate of drug-likeness (QED) is 0.729. The van der Waals surface area contributed by atoms with Gasteiger partial charge >= 0.3 is 0 Å². The van der Waals surface area contributed by atoms with Gasteiger partial charge in [-0.3, -0.25) is 4.98 Å². The van der Waals surface area contributed by atoms with E-state index in [0.29, 0.717) is 0 Å². The standard InChI is InChI=1S/C17H20N2OS/c1-3-6-19-15(9-14-10-18-11-21-14)17-8-13-7-12(2)4-5-16(13)20-17/h4-5,7-8,10-11,15,19H,3,6,9H2,1-2H3. The Morgan fingerprint density at radius 2 is 2.24 bits per heavy atom. The summed E-state index contributed by atoms with van der Waals surface area (Å²) >= 11 is 1.70. The molecule has 0 saturated carbocycles. The van der Waals surface area contributed by atoms with E-state index in [1.54, 1.807) is 11.3 Å². The minimum atomic E-state index is 0.207. The fourth-order valence-electron chi connectivity index (χ4n) is 2.49. The van der Waals surface area contributed by atoms with Crippen molar-refractivity contribution in [2.45, 2.75) is 32.7 Å². The average molecular weight is 300 g/mol. The molecule has 0 radical (unpaired) electrons. The summed E-state index contributed by atoms with van der Waals surface area (Å²) in [6.45, 7) is 5.27. The molecule has 4 heteroatoms. The summed E-state index contributed by atoms with van der Waals surface area (Å²) in [6, 6.07) is 8.69. The van der Waals surface area contributed by atoms with Crippen LogP contribution in [-0.2, 0) is 6.42 Å². The number of hydrogen-bond acceptors (Lipinski definition) is 4. The number of fused-ring (bicyclic) bond motifs is 1. The Morgan fingerprint density at radius 1 is 1.33 bits per heavy atom. The van der Waals surface area contributed by atoms with Gasteiger partial charge in [0, 0.05) is 22.9 Å². The van der Waals surface area contributed by atoms with Gasteiger partial charge in [-0.2, -0.15) is 0 Å². The third kappa shape index (κ3) is 3.34. The lowest BCUT2D eigenvalue weighted by Gasteiger charge is -2.15. The predicted molar refractivity (Wildman–Crippen MR) is 87.8 cm³/mol. The van der Waals surface area contributed by atoms with Gasteiger partial charge in [0.05, 0.1) is 11.6 Å². The second kappa shape index (κ2) is 6.41. The van der Waals surface area contributed by atoms with E-state index in [9.17, 15) is 0 Å². The van der Waals surface area contributed by atoms with E-state index in [-0.39, 0.29) is 6.04 Å². The van der Waals surface area contributed by atoms with Crippen LogP contribution < -0.4 is 5.32 Å². The van der Waals surface area contributed by atoms with Crippen LogP contribution in [0.3, 0.4) is 0 Å². The normalized spacial score (nSPS) is 12.9. The van der Waals surface area contributed by atoms with Gasteiger partial charge in [0.2, 0.25) is 0 Å².